The first-order chi connectivity index (χ1) is 6.91. The number of carbonyl (C=O) groups is 2. The van der Waals surface area contributed by atoms with Crippen LogP contribution in [0.4, 0.5) is 16.6 Å². The Bertz CT molecular complexity index is 400. The SMILES string of the molecule is Nc1cc(C(=O)N([O])C(=O)O)nc(N)n1. The van der Waals surface area contributed by atoms with Crippen LogP contribution in [0.2, 0.25) is 0 Å². The third kappa shape index (κ3) is 2.28. The quantitative estimate of drug-likeness (QED) is 0.509. The molecule has 0 atom stereocenters. The number of imide groups is 1. The van der Waals surface area contributed by atoms with Crippen LogP contribution in [-0.4, -0.2) is 32.1 Å². The van der Waals surface area contributed by atoms with E-state index in [9.17, 15) is 14.8 Å². The minimum atomic E-state index is -1.95. The molecule has 1 rings (SSSR count). The summed E-state index contributed by atoms with van der Waals surface area (Å²) in [4.78, 5) is 28.1. The summed E-state index contributed by atoms with van der Waals surface area (Å²) in [6.45, 7) is 0. The average molecular weight is 212 g/mol. The summed E-state index contributed by atoms with van der Waals surface area (Å²) in [5.74, 6) is -1.83. The number of hydroxylamine groups is 2. The van der Waals surface area contributed by atoms with Crippen molar-refractivity contribution in [3.63, 3.8) is 0 Å². The second kappa shape index (κ2) is 3.75. The number of carboxylic acid groups (broad SMARTS) is 1. The van der Waals surface area contributed by atoms with E-state index >= 15 is 0 Å². The van der Waals surface area contributed by atoms with E-state index in [-0.39, 0.29) is 11.8 Å². The standard InChI is InChI=1S/C6H6N5O4/c7-3-1-2(9-5(8)10-3)4(12)11(15)6(13)14/h1H,(H,13,14)(H4,7,8,9,10). The van der Waals surface area contributed by atoms with Gasteiger partial charge in [-0.2, -0.15) is 4.98 Å². The zero-order valence-electron chi connectivity index (χ0n) is 7.25. The molecular weight excluding hydrogens is 206 g/mol. The van der Waals surface area contributed by atoms with Crippen LogP contribution in [0.25, 0.3) is 0 Å². The predicted molar refractivity (Wildman–Crippen MR) is 45.7 cm³/mol. The molecule has 0 aliphatic rings. The normalized spacial score (nSPS) is 9.67. The molecule has 2 amide bonds. The fourth-order valence-electron chi connectivity index (χ4n) is 0.786. The van der Waals surface area contributed by atoms with E-state index in [1.807, 2.05) is 0 Å². The Morgan fingerprint density at radius 3 is 2.40 bits per heavy atom. The molecule has 1 radical (unpaired) electrons. The monoisotopic (exact) mass is 212 g/mol. The van der Waals surface area contributed by atoms with Crippen molar-refractivity contribution < 1.29 is 19.9 Å². The molecule has 0 spiro atoms. The third-order valence-electron chi connectivity index (χ3n) is 1.34. The molecule has 15 heavy (non-hydrogen) atoms. The zero-order valence-corrected chi connectivity index (χ0v) is 7.25. The number of nitrogens with two attached hydrogens (primary N) is 2. The van der Waals surface area contributed by atoms with Gasteiger partial charge < -0.3 is 16.6 Å². The van der Waals surface area contributed by atoms with Gasteiger partial charge in [-0.3, -0.25) is 4.79 Å². The fourth-order valence-corrected chi connectivity index (χ4v) is 0.786. The second-order valence-corrected chi connectivity index (χ2v) is 2.42. The minimum absolute atomic E-state index is 0.135. The van der Waals surface area contributed by atoms with Crippen LogP contribution in [0.5, 0.6) is 0 Å². The molecule has 0 saturated heterocycles. The molecule has 0 saturated carbocycles. The number of anilines is 2. The molecule has 0 fully saturated rings. The molecule has 9 heteroatoms. The number of aromatic nitrogens is 2. The Kier molecular flexibility index (Phi) is 2.67. The molecule has 1 aromatic rings. The van der Waals surface area contributed by atoms with Gasteiger partial charge in [0.15, 0.2) is 0 Å². The molecule has 0 bridgehead atoms. The van der Waals surface area contributed by atoms with Gasteiger partial charge in [0.25, 0.3) is 0 Å². The van der Waals surface area contributed by atoms with Crippen molar-refractivity contribution in [3.05, 3.63) is 11.8 Å². The molecule has 1 heterocycles. The lowest BCUT2D eigenvalue weighted by molar-refractivity contribution is -0.0929. The zero-order chi connectivity index (χ0) is 11.6. The van der Waals surface area contributed by atoms with Crippen LogP contribution in [0.3, 0.4) is 0 Å². The second-order valence-electron chi connectivity index (χ2n) is 2.42. The van der Waals surface area contributed by atoms with Crippen LogP contribution < -0.4 is 11.5 Å². The van der Waals surface area contributed by atoms with Crippen LogP contribution in [-0.2, 0) is 5.21 Å². The third-order valence-corrected chi connectivity index (χ3v) is 1.34. The Morgan fingerprint density at radius 2 is 1.93 bits per heavy atom. The summed E-state index contributed by atoms with van der Waals surface area (Å²) in [6.07, 6.45) is -1.95. The molecule has 5 N–H and O–H groups in total. The fraction of sp³-hybridized carbons (Fsp3) is 0. The van der Waals surface area contributed by atoms with Crippen molar-refractivity contribution in [3.8, 4) is 0 Å². The lowest BCUT2D eigenvalue weighted by Crippen LogP contribution is -2.32. The lowest BCUT2D eigenvalue weighted by atomic mass is 10.3. The number of amides is 2. The van der Waals surface area contributed by atoms with Gasteiger partial charge in [-0.15, -0.1) is 0 Å². The Labute approximate surface area is 82.9 Å². The smallest absolute Gasteiger partial charge is 0.441 e. The Morgan fingerprint density at radius 1 is 1.33 bits per heavy atom. The van der Waals surface area contributed by atoms with Crippen molar-refractivity contribution in [1.29, 1.82) is 0 Å². The molecular formula is C6H6N5O4. The number of hydrogen-bond acceptors (Lipinski definition) is 6. The summed E-state index contributed by atoms with van der Waals surface area (Å²) in [5, 5.41) is 18.2. The highest BCUT2D eigenvalue weighted by Crippen LogP contribution is 2.06. The van der Waals surface area contributed by atoms with Crippen molar-refractivity contribution >= 4 is 23.8 Å². The number of rotatable bonds is 1. The molecule has 79 valence electrons. The Balaban J connectivity index is 3.06. The summed E-state index contributed by atoms with van der Waals surface area (Å²) >= 11 is 0. The summed E-state index contributed by atoms with van der Waals surface area (Å²) < 4.78 is 0. The first kappa shape index (κ1) is 10.7. The summed E-state index contributed by atoms with van der Waals surface area (Å²) in [5.41, 5.74) is 9.90. The molecule has 9 nitrogen and oxygen atoms in total. The molecule has 0 aliphatic carbocycles. The van der Waals surface area contributed by atoms with Gasteiger partial charge in [0.1, 0.15) is 11.5 Å². The number of nitrogen functional groups attached to an aromatic ring is 2. The van der Waals surface area contributed by atoms with E-state index in [0.717, 1.165) is 6.07 Å². The van der Waals surface area contributed by atoms with Gasteiger partial charge in [-0.25, -0.2) is 9.78 Å². The van der Waals surface area contributed by atoms with E-state index in [4.69, 9.17) is 16.6 Å². The Hall–Kier alpha value is -2.42. The van der Waals surface area contributed by atoms with Gasteiger partial charge in [-0.05, 0) is 0 Å². The van der Waals surface area contributed by atoms with Gasteiger partial charge in [0.2, 0.25) is 5.95 Å². The van der Waals surface area contributed by atoms with Gasteiger partial charge >= 0.3 is 12.0 Å². The first-order valence-electron chi connectivity index (χ1n) is 3.56. The van der Waals surface area contributed by atoms with Crippen molar-refractivity contribution in [2.75, 3.05) is 11.5 Å². The van der Waals surface area contributed by atoms with Gasteiger partial charge in [-0.1, -0.05) is 10.3 Å². The van der Waals surface area contributed by atoms with Crippen LogP contribution >= 0.6 is 0 Å². The maximum Gasteiger partial charge on any atom is 0.441 e. The number of carbonyl (C=O) groups excluding carboxylic acids is 1. The highest BCUT2D eigenvalue weighted by molar-refractivity contribution is 6.00. The van der Waals surface area contributed by atoms with E-state index in [0.29, 0.717) is 0 Å². The minimum Gasteiger partial charge on any atom is -0.463 e. The van der Waals surface area contributed by atoms with Crippen molar-refractivity contribution in [2.24, 2.45) is 0 Å². The first-order valence-corrected chi connectivity index (χ1v) is 3.56. The topological polar surface area (TPSA) is 155 Å². The average Bonchev–Trinajstić information content (AvgIpc) is 2.13. The molecule has 0 aromatic carbocycles. The van der Waals surface area contributed by atoms with Crippen molar-refractivity contribution in [1.82, 2.24) is 15.0 Å². The number of nitrogens with zero attached hydrogens (tertiary/aromatic N) is 3. The molecule has 0 aliphatic heterocycles. The van der Waals surface area contributed by atoms with Gasteiger partial charge in [0, 0.05) is 6.07 Å². The largest absolute Gasteiger partial charge is 0.463 e. The van der Waals surface area contributed by atoms with Crippen LogP contribution in [0.1, 0.15) is 10.5 Å². The molecule has 1 aromatic heterocycles. The highest BCUT2D eigenvalue weighted by atomic mass is 16.6. The van der Waals surface area contributed by atoms with Gasteiger partial charge in [0.05, 0.1) is 0 Å². The maximum absolute atomic E-state index is 11.1. The van der Waals surface area contributed by atoms with Crippen LogP contribution in [0, 0.1) is 0 Å². The van der Waals surface area contributed by atoms with Crippen molar-refractivity contribution in [2.45, 2.75) is 0 Å². The number of hydrogen-bond donors (Lipinski definition) is 3. The summed E-state index contributed by atoms with van der Waals surface area (Å²) in [7, 11) is 0. The molecule has 0 unspecified atom stereocenters. The lowest BCUT2D eigenvalue weighted by Gasteiger charge is -2.05. The van der Waals surface area contributed by atoms with E-state index in [1.165, 1.54) is 0 Å². The van der Waals surface area contributed by atoms with E-state index < -0.39 is 22.8 Å². The van der Waals surface area contributed by atoms with E-state index in [2.05, 4.69) is 9.97 Å². The van der Waals surface area contributed by atoms with E-state index in [1.54, 1.807) is 0 Å². The predicted octanol–water partition coefficient (Wildman–Crippen LogP) is -0.893. The maximum atomic E-state index is 11.1. The highest BCUT2D eigenvalue weighted by Gasteiger charge is 2.23. The van der Waals surface area contributed by atoms with Crippen LogP contribution in [0.15, 0.2) is 6.07 Å². The summed E-state index contributed by atoms with van der Waals surface area (Å²) in [6, 6.07) is 0.951.